The third-order valence-electron chi connectivity index (χ3n) is 2.46. The standard InChI is InChI=1S/C12H12F3NO3/c1-6(2)16(5-9(17)18)12(19)7-3-4-8(13)11(15)10(7)14/h3-4,6H,5H2,1-2H3,(H,17,18). The number of hydrogen-bond acceptors (Lipinski definition) is 2. The van der Waals surface area contributed by atoms with Gasteiger partial charge in [-0.1, -0.05) is 0 Å². The molecule has 7 heteroatoms. The minimum Gasteiger partial charge on any atom is -0.480 e. The van der Waals surface area contributed by atoms with E-state index in [2.05, 4.69) is 0 Å². The van der Waals surface area contributed by atoms with Crippen LogP contribution < -0.4 is 0 Å². The van der Waals surface area contributed by atoms with Crippen molar-refractivity contribution >= 4 is 11.9 Å². The number of carbonyl (C=O) groups excluding carboxylic acids is 1. The maximum atomic E-state index is 13.5. The molecule has 0 radical (unpaired) electrons. The number of carbonyl (C=O) groups is 2. The summed E-state index contributed by atoms with van der Waals surface area (Å²) in [5.41, 5.74) is -0.700. The molecule has 0 aliphatic carbocycles. The van der Waals surface area contributed by atoms with Gasteiger partial charge in [0.25, 0.3) is 5.91 Å². The molecule has 1 aromatic carbocycles. The van der Waals surface area contributed by atoms with Crippen LogP contribution in [0.4, 0.5) is 13.2 Å². The van der Waals surface area contributed by atoms with Crippen molar-refractivity contribution in [2.75, 3.05) is 6.54 Å². The van der Waals surface area contributed by atoms with Gasteiger partial charge in [-0.15, -0.1) is 0 Å². The lowest BCUT2D eigenvalue weighted by atomic mass is 10.1. The topological polar surface area (TPSA) is 57.6 Å². The molecule has 0 saturated carbocycles. The molecule has 1 aromatic rings. The van der Waals surface area contributed by atoms with Crippen LogP contribution in [0.5, 0.6) is 0 Å². The lowest BCUT2D eigenvalue weighted by Crippen LogP contribution is -2.41. The molecule has 0 bridgehead atoms. The van der Waals surface area contributed by atoms with Crippen LogP contribution in [0, 0.1) is 17.5 Å². The second kappa shape index (κ2) is 5.73. The second-order valence-electron chi connectivity index (χ2n) is 4.14. The zero-order valence-electron chi connectivity index (χ0n) is 10.3. The highest BCUT2D eigenvalue weighted by Gasteiger charge is 2.26. The van der Waals surface area contributed by atoms with E-state index in [1.54, 1.807) is 0 Å². The molecule has 0 fully saturated rings. The van der Waals surface area contributed by atoms with Crippen molar-refractivity contribution in [3.8, 4) is 0 Å². The third kappa shape index (κ3) is 3.24. The molecule has 0 aromatic heterocycles. The summed E-state index contributed by atoms with van der Waals surface area (Å²) in [4.78, 5) is 23.4. The highest BCUT2D eigenvalue weighted by atomic mass is 19.2. The molecule has 0 atom stereocenters. The van der Waals surface area contributed by atoms with Crippen LogP contribution in [0.15, 0.2) is 12.1 Å². The summed E-state index contributed by atoms with van der Waals surface area (Å²) in [5, 5.41) is 8.67. The fraction of sp³-hybridized carbons (Fsp3) is 0.333. The number of aliphatic carboxylic acids is 1. The van der Waals surface area contributed by atoms with Crippen LogP contribution in [0.3, 0.4) is 0 Å². The molecule has 0 aliphatic heterocycles. The van der Waals surface area contributed by atoms with Crippen LogP contribution in [-0.4, -0.2) is 34.5 Å². The van der Waals surface area contributed by atoms with Crippen molar-refractivity contribution in [3.63, 3.8) is 0 Å². The van der Waals surface area contributed by atoms with Gasteiger partial charge in [-0.3, -0.25) is 9.59 Å². The van der Waals surface area contributed by atoms with Crippen molar-refractivity contribution in [3.05, 3.63) is 35.1 Å². The smallest absolute Gasteiger partial charge is 0.323 e. The number of rotatable bonds is 4. The highest BCUT2D eigenvalue weighted by molar-refractivity contribution is 5.96. The third-order valence-corrected chi connectivity index (χ3v) is 2.46. The zero-order valence-corrected chi connectivity index (χ0v) is 10.3. The van der Waals surface area contributed by atoms with E-state index in [4.69, 9.17) is 5.11 Å². The van der Waals surface area contributed by atoms with Gasteiger partial charge in [0.15, 0.2) is 17.5 Å². The Morgan fingerprint density at radius 1 is 1.21 bits per heavy atom. The van der Waals surface area contributed by atoms with Gasteiger partial charge in [-0.25, -0.2) is 13.2 Å². The number of hydrogen-bond donors (Lipinski definition) is 1. The van der Waals surface area contributed by atoms with Crippen molar-refractivity contribution in [1.29, 1.82) is 0 Å². The molecule has 0 saturated heterocycles. The number of amides is 1. The first-order chi connectivity index (χ1) is 8.75. The van der Waals surface area contributed by atoms with Gasteiger partial charge >= 0.3 is 5.97 Å². The fourth-order valence-electron chi connectivity index (χ4n) is 1.48. The molecule has 1 rings (SSSR count). The van der Waals surface area contributed by atoms with E-state index in [9.17, 15) is 22.8 Å². The number of carboxylic acid groups (broad SMARTS) is 1. The number of halogens is 3. The van der Waals surface area contributed by atoms with Gasteiger partial charge in [-0.2, -0.15) is 0 Å². The van der Waals surface area contributed by atoms with Crippen LogP contribution in [0.2, 0.25) is 0 Å². The molecule has 0 unspecified atom stereocenters. The molecule has 1 N–H and O–H groups in total. The van der Waals surface area contributed by atoms with E-state index in [0.29, 0.717) is 6.07 Å². The van der Waals surface area contributed by atoms with Crippen molar-refractivity contribution in [1.82, 2.24) is 4.90 Å². The Balaban J connectivity index is 3.17. The molecular weight excluding hydrogens is 263 g/mol. The van der Waals surface area contributed by atoms with Crippen LogP contribution >= 0.6 is 0 Å². The summed E-state index contributed by atoms with van der Waals surface area (Å²) in [6.07, 6.45) is 0. The summed E-state index contributed by atoms with van der Waals surface area (Å²) < 4.78 is 39.3. The van der Waals surface area contributed by atoms with Crippen molar-refractivity contribution in [2.24, 2.45) is 0 Å². The summed E-state index contributed by atoms with van der Waals surface area (Å²) in [5.74, 6) is -7.09. The summed E-state index contributed by atoms with van der Waals surface area (Å²) >= 11 is 0. The Labute approximate surface area is 107 Å². The Hall–Kier alpha value is -2.05. The van der Waals surface area contributed by atoms with E-state index in [1.165, 1.54) is 13.8 Å². The van der Waals surface area contributed by atoms with Crippen LogP contribution in [0.1, 0.15) is 24.2 Å². The maximum Gasteiger partial charge on any atom is 0.323 e. The Morgan fingerprint density at radius 3 is 2.26 bits per heavy atom. The van der Waals surface area contributed by atoms with Gasteiger partial charge < -0.3 is 10.0 Å². The number of nitrogens with zero attached hydrogens (tertiary/aromatic N) is 1. The summed E-state index contributed by atoms with van der Waals surface area (Å²) in [6.45, 7) is 2.40. The van der Waals surface area contributed by atoms with Gasteiger partial charge in [0.1, 0.15) is 6.54 Å². The monoisotopic (exact) mass is 275 g/mol. The quantitative estimate of drug-likeness (QED) is 0.855. The molecule has 4 nitrogen and oxygen atoms in total. The van der Waals surface area contributed by atoms with Crippen molar-refractivity contribution in [2.45, 2.75) is 19.9 Å². The molecule has 104 valence electrons. The molecule has 0 heterocycles. The van der Waals surface area contributed by atoms with Gasteiger partial charge in [0, 0.05) is 6.04 Å². The largest absolute Gasteiger partial charge is 0.480 e. The predicted octanol–water partition coefficient (Wildman–Crippen LogP) is 2.04. The molecular formula is C12H12F3NO3. The SMILES string of the molecule is CC(C)N(CC(=O)O)C(=O)c1ccc(F)c(F)c1F. The van der Waals surface area contributed by atoms with Gasteiger partial charge in [0.2, 0.25) is 0 Å². The van der Waals surface area contributed by atoms with E-state index in [-0.39, 0.29) is 0 Å². The van der Waals surface area contributed by atoms with E-state index in [0.717, 1.165) is 11.0 Å². The Morgan fingerprint density at radius 2 is 1.79 bits per heavy atom. The number of carboxylic acids is 1. The normalized spacial score (nSPS) is 10.6. The average molecular weight is 275 g/mol. The Bertz CT molecular complexity index is 517. The zero-order chi connectivity index (χ0) is 14.7. The molecule has 1 amide bonds. The molecule has 19 heavy (non-hydrogen) atoms. The maximum absolute atomic E-state index is 13.5. The van der Waals surface area contributed by atoms with Gasteiger partial charge in [-0.05, 0) is 26.0 Å². The molecule has 0 aliphatic rings. The predicted molar refractivity (Wildman–Crippen MR) is 60.1 cm³/mol. The second-order valence-corrected chi connectivity index (χ2v) is 4.14. The first-order valence-corrected chi connectivity index (χ1v) is 5.42. The van der Waals surface area contributed by atoms with Crippen LogP contribution in [-0.2, 0) is 4.79 Å². The minimum absolute atomic E-state index is 0.531. The number of benzene rings is 1. The first-order valence-electron chi connectivity index (χ1n) is 5.42. The Kier molecular flexibility index (Phi) is 4.52. The van der Waals surface area contributed by atoms with E-state index in [1.807, 2.05) is 0 Å². The minimum atomic E-state index is -1.76. The highest BCUT2D eigenvalue weighted by Crippen LogP contribution is 2.18. The fourth-order valence-corrected chi connectivity index (χ4v) is 1.48. The lowest BCUT2D eigenvalue weighted by Gasteiger charge is -2.25. The summed E-state index contributed by atoms with van der Waals surface area (Å²) in [6, 6.07) is 0.870. The average Bonchev–Trinajstić information content (AvgIpc) is 2.32. The van der Waals surface area contributed by atoms with E-state index < -0.39 is 47.5 Å². The van der Waals surface area contributed by atoms with E-state index >= 15 is 0 Å². The van der Waals surface area contributed by atoms with Gasteiger partial charge in [0.05, 0.1) is 5.56 Å². The van der Waals surface area contributed by atoms with Crippen LogP contribution in [0.25, 0.3) is 0 Å². The summed E-state index contributed by atoms with van der Waals surface area (Å²) in [7, 11) is 0. The first kappa shape index (κ1) is 15.0. The molecule has 0 spiro atoms. The lowest BCUT2D eigenvalue weighted by molar-refractivity contribution is -0.138. The van der Waals surface area contributed by atoms with Crippen molar-refractivity contribution < 1.29 is 27.9 Å².